The van der Waals surface area contributed by atoms with Gasteiger partial charge in [0.2, 0.25) is 5.89 Å². The fourth-order valence-electron chi connectivity index (χ4n) is 1.71. The lowest BCUT2D eigenvalue weighted by atomic mass is 10.2. The SMILES string of the molecule is Fc1ccc(Br)cc1-c1nc(CNC2CC2)co1. The van der Waals surface area contributed by atoms with E-state index >= 15 is 0 Å². The molecule has 94 valence electrons. The fraction of sp³-hybridized carbons (Fsp3) is 0.308. The minimum absolute atomic E-state index is 0.321. The van der Waals surface area contributed by atoms with E-state index in [2.05, 4.69) is 26.2 Å². The lowest BCUT2D eigenvalue weighted by molar-refractivity contribution is 0.559. The van der Waals surface area contributed by atoms with Crippen molar-refractivity contribution in [2.45, 2.75) is 25.4 Å². The van der Waals surface area contributed by atoms with Crippen molar-refractivity contribution < 1.29 is 8.81 Å². The first kappa shape index (κ1) is 11.9. The Morgan fingerprint density at radius 1 is 1.44 bits per heavy atom. The average molecular weight is 311 g/mol. The molecule has 3 rings (SSSR count). The van der Waals surface area contributed by atoms with Gasteiger partial charge in [-0.1, -0.05) is 15.9 Å². The van der Waals surface area contributed by atoms with Gasteiger partial charge < -0.3 is 9.73 Å². The number of hydrogen-bond acceptors (Lipinski definition) is 3. The highest BCUT2D eigenvalue weighted by atomic mass is 79.9. The van der Waals surface area contributed by atoms with Crippen molar-refractivity contribution in [3.8, 4) is 11.5 Å². The van der Waals surface area contributed by atoms with E-state index in [1.165, 1.54) is 18.9 Å². The van der Waals surface area contributed by atoms with Crippen molar-refractivity contribution in [3.05, 3.63) is 40.4 Å². The Kier molecular flexibility index (Phi) is 3.18. The third-order valence-electron chi connectivity index (χ3n) is 2.86. The van der Waals surface area contributed by atoms with Gasteiger partial charge in [-0.05, 0) is 31.0 Å². The van der Waals surface area contributed by atoms with Gasteiger partial charge in [0, 0.05) is 17.1 Å². The van der Waals surface area contributed by atoms with Crippen LogP contribution in [0.4, 0.5) is 4.39 Å². The van der Waals surface area contributed by atoms with E-state index in [-0.39, 0.29) is 5.82 Å². The second kappa shape index (κ2) is 4.82. The van der Waals surface area contributed by atoms with Crippen molar-refractivity contribution in [1.29, 1.82) is 0 Å². The van der Waals surface area contributed by atoms with Gasteiger partial charge in [0.05, 0.1) is 11.3 Å². The molecule has 2 aromatic rings. The van der Waals surface area contributed by atoms with Crippen molar-refractivity contribution in [3.63, 3.8) is 0 Å². The molecule has 0 amide bonds. The maximum atomic E-state index is 13.7. The third-order valence-corrected chi connectivity index (χ3v) is 3.35. The highest BCUT2D eigenvalue weighted by molar-refractivity contribution is 9.10. The number of aromatic nitrogens is 1. The average Bonchev–Trinajstić information content (AvgIpc) is 3.08. The fourth-order valence-corrected chi connectivity index (χ4v) is 2.07. The summed E-state index contributed by atoms with van der Waals surface area (Å²) < 4.78 is 19.8. The molecule has 0 spiro atoms. The predicted molar refractivity (Wildman–Crippen MR) is 69.5 cm³/mol. The molecule has 1 heterocycles. The van der Waals surface area contributed by atoms with Gasteiger partial charge in [-0.2, -0.15) is 0 Å². The van der Waals surface area contributed by atoms with Gasteiger partial charge in [0.1, 0.15) is 12.1 Å². The highest BCUT2D eigenvalue weighted by Crippen LogP contribution is 2.26. The molecule has 0 unspecified atom stereocenters. The van der Waals surface area contributed by atoms with Crippen LogP contribution in [0.25, 0.3) is 11.5 Å². The Balaban J connectivity index is 1.80. The van der Waals surface area contributed by atoms with E-state index < -0.39 is 0 Å². The molecule has 1 N–H and O–H groups in total. The van der Waals surface area contributed by atoms with Gasteiger partial charge in [0.15, 0.2) is 0 Å². The van der Waals surface area contributed by atoms with E-state index in [9.17, 15) is 4.39 Å². The Hall–Kier alpha value is -1.20. The summed E-state index contributed by atoms with van der Waals surface area (Å²) >= 11 is 3.31. The van der Waals surface area contributed by atoms with Crippen LogP contribution in [0.2, 0.25) is 0 Å². The molecule has 1 aromatic heterocycles. The minimum Gasteiger partial charge on any atom is -0.444 e. The maximum Gasteiger partial charge on any atom is 0.229 e. The van der Waals surface area contributed by atoms with Gasteiger partial charge in [0.25, 0.3) is 0 Å². The lowest BCUT2D eigenvalue weighted by Crippen LogP contribution is -2.15. The smallest absolute Gasteiger partial charge is 0.229 e. The third kappa shape index (κ3) is 2.62. The quantitative estimate of drug-likeness (QED) is 0.939. The summed E-state index contributed by atoms with van der Waals surface area (Å²) in [4.78, 5) is 4.29. The molecule has 0 atom stereocenters. The zero-order chi connectivity index (χ0) is 12.5. The van der Waals surface area contributed by atoms with E-state index in [0.717, 1.165) is 10.2 Å². The first-order chi connectivity index (χ1) is 8.72. The molecule has 3 nitrogen and oxygen atoms in total. The molecule has 0 aliphatic heterocycles. The number of nitrogens with one attached hydrogen (secondary N) is 1. The second-order valence-corrected chi connectivity index (χ2v) is 5.34. The lowest BCUT2D eigenvalue weighted by Gasteiger charge is -1.99. The van der Waals surface area contributed by atoms with Crippen molar-refractivity contribution >= 4 is 15.9 Å². The topological polar surface area (TPSA) is 38.1 Å². The minimum atomic E-state index is -0.332. The molecule has 18 heavy (non-hydrogen) atoms. The van der Waals surface area contributed by atoms with Gasteiger partial charge in [-0.15, -0.1) is 0 Å². The van der Waals surface area contributed by atoms with E-state index in [4.69, 9.17) is 4.42 Å². The van der Waals surface area contributed by atoms with Crippen molar-refractivity contribution in [1.82, 2.24) is 10.3 Å². The molecule has 1 saturated carbocycles. The zero-order valence-electron chi connectivity index (χ0n) is 9.62. The summed E-state index contributed by atoms with van der Waals surface area (Å²) in [7, 11) is 0. The van der Waals surface area contributed by atoms with Crippen LogP contribution in [0.1, 0.15) is 18.5 Å². The standard InChI is InChI=1S/C13H12BrFN2O/c14-8-1-4-12(15)11(5-8)13-17-10(7-18-13)6-16-9-2-3-9/h1,4-5,7,9,16H,2-3,6H2. The predicted octanol–water partition coefficient (Wildman–Crippen LogP) is 3.50. The molecular weight excluding hydrogens is 299 g/mol. The molecule has 5 heteroatoms. The van der Waals surface area contributed by atoms with Crippen LogP contribution in [-0.2, 0) is 6.54 Å². The van der Waals surface area contributed by atoms with Gasteiger partial charge in [-0.3, -0.25) is 0 Å². The number of oxazole rings is 1. The number of halogens is 2. The second-order valence-electron chi connectivity index (χ2n) is 4.42. The number of nitrogens with zero attached hydrogens (tertiary/aromatic N) is 1. The van der Waals surface area contributed by atoms with Crippen LogP contribution in [0.15, 0.2) is 33.4 Å². The van der Waals surface area contributed by atoms with Crippen molar-refractivity contribution in [2.75, 3.05) is 0 Å². The molecule has 0 bridgehead atoms. The summed E-state index contributed by atoms with van der Waals surface area (Å²) in [5, 5.41) is 3.34. The molecule has 1 aliphatic carbocycles. The largest absolute Gasteiger partial charge is 0.444 e. The van der Waals surface area contributed by atoms with Crippen LogP contribution in [0.5, 0.6) is 0 Å². The molecule has 1 aliphatic rings. The van der Waals surface area contributed by atoms with E-state index in [0.29, 0.717) is 24.0 Å². The Morgan fingerprint density at radius 2 is 2.28 bits per heavy atom. The summed E-state index contributed by atoms with van der Waals surface area (Å²) in [5.74, 6) is -0.0110. The summed E-state index contributed by atoms with van der Waals surface area (Å²) in [6.45, 7) is 0.670. The number of hydrogen-bond donors (Lipinski definition) is 1. The zero-order valence-corrected chi connectivity index (χ0v) is 11.2. The summed E-state index contributed by atoms with van der Waals surface area (Å²) in [6, 6.07) is 5.33. The summed E-state index contributed by atoms with van der Waals surface area (Å²) in [6.07, 6.45) is 4.03. The Labute approximate surface area is 113 Å². The monoisotopic (exact) mass is 310 g/mol. The normalized spacial score (nSPS) is 15.0. The van der Waals surface area contributed by atoms with E-state index in [1.54, 1.807) is 18.4 Å². The highest BCUT2D eigenvalue weighted by Gasteiger charge is 2.21. The van der Waals surface area contributed by atoms with Crippen LogP contribution in [0.3, 0.4) is 0 Å². The number of benzene rings is 1. The van der Waals surface area contributed by atoms with E-state index in [1.807, 2.05) is 0 Å². The number of rotatable bonds is 4. The Bertz CT molecular complexity index is 566. The molecule has 0 saturated heterocycles. The van der Waals surface area contributed by atoms with Crippen LogP contribution in [-0.4, -0.2) is 11.0 Å². The Morgan fingerprint density at radius 3 is 3.06 bits per heavy atom. The first-order valence-corrected chi connectivity index (χ1v) is 6.65. The molecule has 1 aromatic carbocycles. The first-order valence-electron chi connectivity index (χ1n) is 5.85. The summed E-state index contributed by atoms with van der Waals surface area (Å²) in [5.41, 5.74) is 1.18. The van der Waals surface area contributed by atoms with Gasteiger partial charge >= 0.3 is 0 Å². The molecule has 0 radical (unpaired) electrons. The van der Waals surface area contributed by atoms with Crippen LogP contribution in [0, 0.1) is 5.82 Å². The molecule has 1 fully saturated rings. The van der Waals surface area contributed by atoms with Crippen LogP contribution >= 0.6 is 15.9 Å². The maximum absolute atomic E-state index is 13.7. The van der Waals surface area contributed by atoms with Crippen molar-refractivity contribution in [2.24, 2.45) is 0 Å². The van der Waals surface area contributed by atoms with Gasteiger partial charge in [-0.25, -0.2) is 9.37 Å². The van der Waals surface area contributed by atoms with Crippen LogP contribution < -0.4 is 5.32 Å². The molecular formula is C13H12BrFN2O.